The number of nitrogens with one attached hydrogen (secondary N) is 1. The zero-order valence-corrected chi connectivity index (χ0v) is 15.7. The highest BCUT2D eigenvalue weighted by molar-refractivity contribution is 6.32. The highest BCUT2D eigenvalue weighted by atomic mass is 35.5. The molecule has 2 aromatic rings. The highest BCUT2D eigenvalue weighted by Gasteiger charge is 2.30. The Kier molecular flexibility index (Phi) is 8.19. The van der Waals surface area contributed by atoms with E-state index in [1.165, 1.54) is 0 Å². The van der Waals surface area contributed by atoms with Crippen LogP contribution >= 0.6 is 24.0 Å². The zero-order valence-electron chi connectivity index (χ0n) is 14.1. The Hall–Kier alpha value is -1.79. The summed E-state index contributed by atoms with van der Waals surface area (Å²) in [5, 5.41) is 3.19. The molecule has 0 saturated heterocycles. The first-order valence-corrected chi connectivity index (χ1v) is 7.90. The van der Waals surface area contributed by atoms with Crippen molar-refractivity contribution < 1.29 is 14.3 Å². The predicted molar refractivity (Wildman–Crippen MR) is 103 cm³/mol. The molecular weight excluding hydrogens is 363 g/mol. The maximum Gasteiger partial charge on any atom is 0.248 e. The summed E-state index contributed by atoms with van der Waals surface area (Å²) in [6.45, 7) is 2.54. The van der Waals surface area contributed by atoms with Crippen LogP contribution in [0.15, 0.2) is 48.5 Å². The zero-order chi connectivity index (χ0) is 17.6. The molecule has 0 saturated carbocycles. The summed E-state index contributed by atoms with van der Waals surface area (Å²) in [6.07, 6.45) is 0. The van der Waals surface area contributed by atoms with Crippen molar-refractivity contribution in [3.8, 4) is 5.75 Å². The molecule has 0 heterocycles. The molecule has 3 N–H and O–H groups in total. The van der Waals surface area contributed by atoms with Crippen molar-refractivity contribution in [1.29, 1.82) is 0 Å². The average Bonchev–Trinajstić information content (AvgIpc) is 2.57. The largest absolute Gasteiger partial charge is 0.490 e. The molecule has 0 aliphatic rings. The Morgan fingerprint density at radius 3 is 2.48 bits per heavy atom. The van der Waals surface area contributed by atoms with Crippen molar-refractivity contribution in [2.24, 2.45) is 5.73 Å². The van der Waals surface area contributed by atoms with Crippen LogP contribution in [0.1, 0.15) is 12.5 Å². The lowest BCUT2D eigenvalue weighted by Crippen LogP contribution is -2.45. The Labute approximate surface area is 158 Å². The molecule has 2 aromatic carbocycles. The summed E-state index contributed by atoms with van der Waals surface area (Å²) in [7, 11) is 1.60. The summed E-state index contributed by atoms with van der Waals surface area (Å²) in [5.41, 5.74) is 6.33. The lowest BCUT2D eigenvalue weighted by molar-refractivity contribution is -0.120. The van der Waals surface area contributed by atoms with Crippen LogP contribution in [0.3, 0.4) is 0 Å². The summed E-state index contributed by atoms with van der Waals surface area (Å²) < 4.78 is 10.4. The van der Waals surface area contributed by atoms with Crippen LogP contribution in [0.4, 0.5) is 5.69 Å². The Morgan fingerprint density at radius 1 is 1.20 bits per heavy atom. The number of carbonyl (C=O) groups excluding carboxylic acids is 1. The normalized spacial score (nSPS) is 12.6. The molecular formula is C18H22Cl2N2O3. The third kappa shape index (κ3) is 5.61. The third-order valence-corrected chi connectivity index (χ3v) is 3.88. The minimum atomic E-state index is -1.15. The van der Waals surface area contributed by atoms with Gasteiger partial charge in [0.15, 0.2) is 0 Å². The second-order valence-corrected chi connectivity index (χ2v) is 5.92. The number of benzene rings is 2. The fourth-order valence-electron chi connectivity index (χ4n) is 2.11. The van der Waals surface area contributed by atoms with E-state index >= 15 is 0 Å². The number of hydrogen-bond donors (Lipinski definition) is 2. The number of anilines is 1. The van der Waals surface area contributed by atoms with E-state index in [0.29, 0.717) is 29.7 Å². The molecule has 1 amide bonds. The molecule has 5 nitrogen and oxygen atoms in total. The van der Waals surface area contributed by atoms with Gasteiger partial charge in [-0.15, -0.1) is 12.4 Å². The molecule has 0 fully saturated rings. The fourth-order valence-corrected chi connectivity index (χ4v) is 2.34. The maximum atomic E-state index is 12.5. The van der Waals surface area contributed by atoms with Crippen molar-refractivity contribution in [2.45, 2.75) is 12.5 Å². The summed E-state index contributed by atoms with van der Waals surface area (Å²) in [6, 6.07) is 14.2. The van der Waals surface area contributed by atoms with E-state index in [2.05, 4.69) is 5.32 Å². The first-order valence-electron chi connectivity index (χ1n) is 7.52. The minimum Gasteiger partial charge on any atom is -0.490 e. The van der Waals surface area contributed by atoms with E-state index in [0.717, 1.165) is 5.56 Å². The van der Waals surface area contributed by atoms with Gasteiger partial charge in [-0.25, -0.2) is 0 Å². The molecule has 0 bridgehead atoms. The summed E-state index contributed by atoms with van der Waals surface area (Å²) in [5.74, 6) is 0.211. The fraction of sp³-hybridized carbons (Fsp3) is 0.278. The van der Waals surface area contributed by atoms with Gasteiger partial charge in [0.05, 0.1) is 11.6 Å². The van der Waals surface area contributed by atoms with Gasteiger partial charge in [0.1, 0.15) is 17.9 Å². The van der Waals surface area contributed by atoms with Crippen molar-refractivity contribution in [3.63, 3.8) is 0 Å². The number of hydrogen-bond acceptors (Lipinski definition) is 4. The van der Waals surface area contributed by atoms with Gasteiger partial charge in [0.2, 0.25) is 5.91 Å². The van der Waals surface area contributed by atoms with Gasteiger partial charge in [-0.2, -0.15) is 0 Å². The van der Waals surface area contributed by atoms with E-state index in [1.807, 2.05) is 30.3 Å². The van der Waals surface area contributed by atoms with Crippen LogP contribution in [-0.4, -0.2) is 26.2 Å². The number of carbonyl (C=O) groups is 1. The number of amides is 1. The number of methoxy groups -OCH3 is 1. The molecule has 25 heavy (non-hydrogen) atoms. The average molecular weight is 385 g/mol. The Balaban J connectivity index is 0.00000312. The van der Waals surface area contributed by atoms with E-state index in [-0.39, 0.29) is 18.3 Å². The number of ether oxygens (including phenoxy) is 2. The molecule has 0 aromatic heterocycles. The van der Waals surface area contributed by atoms with Crippen LogP contribution in [0.25, 0.3) is 0 Å². The Bertz CT molecular complexity index is 694. The summed E-state index contributed by atoms with van der Waals surface area (Å²) >= 11 is 6.17. The van der Waals surface area contributed by atoms with E-state index in [1.54, 1.807) is 32.2 Å². The van der Waals surface area contributed by atoms with Gasteiger partial charge in [0.25, 0.3) is 0 Å². The molecule has 1 atom stereocenters. The first kappa shape index (κ1) is 21.3. The number of halogens is 2. The lowest BCUT2D eigenvalue weighted by Gasteiger charge is -2.24. The van der Waals surface area contributed by atoms with Crippen molar-refractivity contribution in [1.82, 2.24) is 0 Å². The molecule has 2 rings (SSSR count). The molecule has 0 aliphatic carbocycles. The van der Waals surface area contributed by atoms with Gasteiger partial charge in [-0.05, 0) is 30.7 Å². The molecule has 0 spiro atoms. The highest BCUT2D eigenvalue weighted by Crippen LogP contribution is 2.28. The molecule has 7 heteroatoms. The van der Waals surface area contributed by atoms with Crippen LogP contribution in [0, 0.1) is 0 Å². The van der Waals surface area contributed by atoms with Gasteiger partial charge in [0, 0.05) is 12.8 Å². The molecule has 0 aliphatic heterocycles. The number of rotatable bonds is 7. The third-order valence-electron chi connectivity index (χ3n) is 3.58. The van der Waals surface area contributed by atoms with Gasteiger partial charge < -0.3 is 20.5 Å². The lowest BCUT2D eigenvalue weighted by atomic mass is 9.92. The first-order chi connectivity index (χ1) is 11.4. The van der Waals surface area contributed by atoms with Gasteiger partial charge >= 0.3 is 0 Å². The SMILES string of the molecule is COCCOc1ccc(NC(=O)C(C)(N)c2ccccc2)cc1Cl.Cl. The second kappa shape index (κ2) is 9.63. The smallest absolute Gasteiger partial charge is 0.248 e. The standard InChI is InChI=1S/C18H21ClN2O3.ClH/c1-18(20,13-6-4-3-5-7-13)17(22)21-14-8-9-16(15(19)12-14)24-11-10-23-2;/h3-9,12H,10-11,20H2,1-2H3,(H,21,22);1H. The van der Waals surface area contributed by atoms with Crippen LogP contribution in [-0.2, 0) is 15.1 Å². The van der Waals surface area contributed by atoms with E-state index in [9.17, 15) is 4.79 Å². The molecule has 0 radical (unpaired) electrons. The van der Waals surface area contributed by atoms with E-state index in [4.69, 9.17) is 26.8 Å². The van der Waals surface area contributed by atoms with Crippen molar-refractivity contribution >= 4 is 35.6 Å². The van der Waals surface area contributed by atoms with Crippen LogP contribution < -0.4 is 15.8 Å². The number of nitrogens with two attached hydrogens (primary N) is 1. The van der Waals surface area contributed by atoms with Gasteiger partial charge in [-0.1, -0.05) is 41.9 Å². The van der Waals surface area contributed by atoms with Crippen molar-refractivity contribution in [2.75, 3.05) is 25.6 Å². The molecule has 1 unspecified atom stereocenters. The van der Waals surface area contributed by atoms with Crippen molar-refractivity contribution in [3.05, 3.63) is 59.1 Å². The second-order valence-electron chi connectivity index (χ2n) is 5.51. The van der Waals surface area contributed by atoms with E-state index < -0.39 is 5.54 Å². The van der Waals surface area contributed by atoms with Crippen LogP contribution in [0.2, 0.25) is 5.02 Å². The molecule has 136 valence electrons. The Morgan fingerprint density at radius 2 is 1.88 bits per heavy atom. The quantitative estimate of drug-likeness (QED) is 0.715. The topological polar surface area (TPSA) is 73.6 Å². The minimum absolute atomic E-state index is 0. The predicted octanol–water partition coefficient (Wildman–Crippen LogP) is 3.60. The maximum absolute atomic E-state index is 12.5. The summed E-state index contributed by atoms with van der Waals surface area (Å²) in [4.78, 5) is 12.5. The monoisotopic (exact) mass is 384 g/mol. The van der Waals surface area contributed by atoms with Gasteiger partial charge in [-0.3, -0.25) is 4.79 Å². The van der Waals surface area contributed by atoms with Crippen LogP contribution in [0.5, 0.6) is 5.75 Å².